The summed E-state index contributed by atoms with van der Waals surface area (Å²) in [5, 5.41) is 3.14. The fourth-order valence-corrected chi connectivity index (χ4v) is 1.23. The Hall–Kier alpha value is -0.300. The molecule has 12 heavy (non-hydrogen) atoms. The predicted octanol–water partition coefficient (Wildman–Crippen LogP) is 3.12. The number of rotatable bonds is 8. The van der Waals surface area contributed by atoms with E-state index in [4.69, 9.17) is 0 Å². The van der Waals surface area contributed by atoms with E-state index in [2.05, 4.69) is 18.8 Å². The number of unbranched alkanes of at least 4 members (excludes halogenated alkanes) is 3. The van der Waals surface area contributed by atoms with Crippen LogP contribution in [0.2, 0.25) is 0 Å². The SMILES string of the molecule is C=C(CCCCCC)CCNC. The van der Waals surface area contributed by atoms with Gasteiger partial charge in [0.25, 0.3) is 0 Å². The molecule has 0 aliphatic rings. The number of nitrogens with one attached hydrogen (secondary N) is 1. The van der Waals surface area contributed by atoms with Gasteiger partial charge in [-0.2, -0.15) is 0 Å². The minimum Gasteiger partial charge on any atom is -0.319 e. The number of hydrogen-bond acceptors (Lipinski definition) is 1. The van der Waals surface area contributed by atoms with Crippen molar-refractivity contribution in [2.75, 3.05) is 13.6 Å². The molecule has 0 heterocycles. The van der Waals surface area contributed by atoms with Crippen molar-refractivity contribution in [3.63, 3.8) is 0 Å². The lowest BCUT2D eigenvalue weighted by Gasteiger charge is -2.04. The molecule has 0 aromatic heterocycles. The van der Waals surface area contributed by atoms with Gasteiger partial charge in [-0.15, -0.1) is 0 Å². The van der Waals surface area contributed by atoms with Gasteiger partial charge in [0, 0.05) is 0 Å². The molecule has 0 saturated carbocycles. The Labute approximate surface area is 77.2 Å². The van der Waals surface area contributed by atoms with E-state index >= 15 is 0 Å². The minimum atomic E-state index is 1.08. The molecule has 0 spiro atoms. The fourth-order valence-electron chi connectivity index (χ4n) is 1.23. The highest BCUT2D eigenvalue weighted by Crippen LogP contribution is 2.10. The summed E-state index contributed by atoms with van der Waals surface area (Å²) in [7, 11) is 1.99. The van der Waals surface area contributed by atoms with Crippen molar-refractivity contribution >= 4 is 0 Å². The molecule has 0 aliphatic heterocycles. The Morgan fingerprint density at radius 1 is 1.17 bits per heavy atom. The molecule has 1 nitrogen and oxygen atoms in total. The van der Waals surface area contributed by atoms with Crippen LogP contribution in [0, 0.1) is 0 Å². The van der Waals surface area contributed by atoms with Gasteiger partial charge < -0.3 is 5.32 Å². The summed E-state index contributed by atoms with van der Waals surface area (Å²) in [5.41, 5.74) is 1.40. The Kier molecular flexibility index (Phi) is 8.57. The summed E-state index contributed by atoms with van der Waals surface area (Å²) in [6.45, 7) is 7.37. The second-order valence-corrected chi connectivity index (χ2v) is 3.41. The van der Waals surface area contributed by atoms with Gasteiger partial charge in [-0.25, -0.2) is 0 Å². The van der Waals surface area contributed by atoms with Crippen molar-refractivity contribution in [2.45, 2.75) is 45.4 Å². The lowest BCUT2D eigenvalue weighted by molar-refractivity contribution is 0.649. The zero-order valence-corrected chi connectivity index (χ0v) is 8.66. The maximum absolute atomic E-state index is 4.05. The van der Waals surface area contributed by atoms with E-state index in [-0.39, 0.29) is 0 Å². The van der Waals surface area contributed by atoms with Gasteiger partial charge in [0.2, 0.25) is 0 Å². The average Bonchev–Trinajstić information content (AvgIpc) is 2.09. The van der Waals surface area contributed by atoms with E-state index in [1.165, 1.54) is 37.7 Å². The van der Waals surface area contributed by atoms with Gasteiger partial charge in [-0.1, -0.05) is 38.3 Å². The van der Waals surface area contributed by atoms with E-state index in [0.29, 0.717) is 0 Å². The highest BCUT2D eigenvalue weighted by molar-refractivity contribution is 4.93. The third-order valence-electron chi connectivity index (χ3n) is 2.11. The molecule has 0 bridgehead atoms. The van der Waals surface area contributed by atoms with Crippen LogP contribution in [-0.2, 0) is 0 Å². The highest BCUT2D eigenvalue weighted by atomic mass is 14.8. The maximum Gasteiger partial charge on any atom is -0.00147 e. The van der Waals surface area contributed by atoms with Crippen LogP contribution in [0.4, 0.5) is 0 Å². The normalized spacial score (nSPS) is 10.2. The van der Waals surface area contributed by atoms with Crippen molar-refractivity contribution in [3.8, 4) is 0 Å². The van der Waals surface area contributed by atoms with Crippen LogP contribution in [0.15, 0.2) is 12.2 Å². The van der Waals surface area contributed by atoms with Gasteiger partial charge >= 0.3 is 0 Å². The van der Waals surface area contributed by atoms with Crippen LogP contribution < -0.4 is 5.32 Å². The summed E-state index contributed by atoms with van der Waals surface area (Å²) < 4.78 is 0. The van der Waals surface area contributed by atoms with E-state index in [9.17, 15) is 0 Å². The van der Waals surface area contributed by atoms with Crippen LogP contribution in [-0.4, -0.2) is 13.6 Å². The van der Waals surface area contributed by atoms with Gasteiger partial charge in [0.1, 0.15) is 0 Å². The van der Waals surface area contributed by atoms with Crippen molar-refractivity contribution < 1.29 is 0 Å². The van der Waals surface area contributed by atoms with Crippen molar-refractivity contribution in [1.82, 2.24) is 5.32 Å². The summed E-state index contributed by atoms with van der Waals surface area (Å²) in [6.07, 6.45) is 7.76. The van der Waals surface area contributed by atoms with Crippen molar-refractivity contribution in [1.29, 1.82) is 0 Å². The van der Waals surface area contributed by atoms with Crippen LogP contribution in [0.5, 0.6) is 0 Å². The Balaban J connectivity index is 3.08. The maximum atomic E-state index is 4.05. The Morgan fingerprint density at radius 3 is 2.50 bits per heavy atom. The van der Waals surface area contributed by atoms with Gasteiger partial charge in [0.15, 0.2) is 0 Å². The molecule has 0 aromatic rings. The largest absolute Gasteiger partial charge is 0.319 e. The monoisotopic (exact) mass is 169 g/mol. The molecule has 0 atom stereocenters. The van der Waals surface area contributed by atoms with Crippen molar-refractivity contribution in [3.05, 3.63) is 12.2 Å². The lowest BCUT2D eigenvalue weighted by Crippen LogP contribution is -2.07. The average molecular weight is 169 g/mol. The molecule has 0 radical (unpaired) electrons. The first kappa shape index (κ1) is 11.7. The molecule has 0 amide bonds. The second-order valence-electron chi connectivity index (χ2n) is 3.41. The smallest absolute Gasteiger partial charge is 0.00147 e. The molecule has 72 valence electrons. The second kappa shape index (κ2) is 8.79. The fraction of sp³-hybridized carbons (Fsp3) is 0.818. The molecule has 0 fully saturated rings. The van der Waals surface area contributed by atoms with Gasteiger partial charge in [-0.3, -0.25) is 0 Å². The third kappa shape index (κ3) is 7.80. The van der Waals surface area contributed by atoms with Crippen LogP contribution in [0.3, 0.4) is 0 Å². The first-order valence-electron chi connectivity index (χ1n) is 5.12. The first-order chi connectivity index (χ1) is 5.81. The number of hydrogen-bond donors (Lipinski definition) is 1. The van der Waals surface area contributed by atoms with E-state index in [0.717, 1.165) is 13.0 Å². The lowest BCUT2D eigenvalue weighted by atomic mass is 10.1. The molecule has 0 aromatic carbocycles. The zero-order chi connectivity index (χ0) is 9.23. The summed E-state index contributed by atoms with van der Waals surface area (Å²) in [6, 6.07) is 0. The summed E-state index contributed by atoms with van der Waals surface area (Å²) in [4.78, 5) is 0. The van der Waals surface area contributed by atoms with Crippen LogP contribution >= 0.6 is 0 Å². The first-order valence-corrected chi connectivity index (χ1v) is 5.12. The van der Waals surface area contributed by atoms with E-state index in [1.54, 1.807) is 0 Å². The Bertz CT molecular complexity index is 108. The van der Waals surface area contributed by atoms with Crippen LogP contribution in [0.1, 0.15) is 45.4 Å². The molecular weight excluding hydrogens is 146 g/mol. The van der Waals surface area contributed by atoms with Crippen molar-refractivity contribution in [2.24, 2.45) is 0 Å². The predicted molar refractivity (Wildman–Crippen MR) is 56.4 cm³/mol. The molecule has 1 heteroatoms. The quantitative estimate of drug-likeness (QED) is 0.435. The Morgan fingerprint density at radius 2 is 1.92 bits per heavy atom. The summed E-state index contributed by atoms with van der Waals surface area (Å²) in [5.74, 6) is 0. The molecule has 1 N–H and O–H groups in total. The van der Waals surface area contributed by atoms with E-state index in [1.807, 2.05) is 7.05 Å². The zero-order valence-electron chi connectivity index (χ0n) is 8.66. The topological polar surface area (TPSA) is 12.0 Å². The van der Waals surface area contributed by atoms with Crippen LogP contribution in [0.25, 0.3) is 0 Å². The minimum absolute atomic E-state index is 1.08. The molecule has 0 rings (SSSR count). The molecular formula is C11H23N. The van der Waals surface area contributed by atoms with Gasteiger partial charge in [0.05, 0.1) is 0 Å². The molecule has 0 saturated heterocycles. The molecule has 0 unspecified atom stereocenters. The molecule has 0 aliphatic carbocycles. The van der Waals surface area contributed by atoms with E-state index < -0.39 is 0 Å². The van der Waals surface area contributed by atoms with Gasteiger partial charge in [-0.05, 0) is 32.9 Å². The standard InChI is InChI=1S/C11H23N/c1-4-5-6-7-8-11(2)9-10-12-3/h12H,2,4-10H2,1,3H3. The third-order valence-corrected chi connectivity index (χ3v) is 2.11. The summed E-state index contributed by atoms with van der Waals surface area (Å²) >= 11 is 0. The highest BCUT2D eigenvalue weighted by Gasteiger charge is 1.93.